The average molecular weight is 407 g/mol. The Kier molecular flexibility index (Phi) is 4.66. The van der Waals surface area contributed by atoms with Crippen LogP contribution in [0.3, 0.4) is 0 Å². The van der Waals surface area contributed by atoms with Gasteiger partial charge in [0, 0.05) is 43.5 Å². The van der Waals surface area contributed by atoms with E-state index in [1.54, 1.807) is 12.4 Å². The highest BCUT2D eigenvalue weighted by Crippen LogP contribution is 2.35. The molecule has 30 heavy (non-hydrogen) atoms. The Morgan fingerprint density at radius 2 is 1.97 bits per heavy atom. The molecule has 0 saturated carbocycles. The van der Waals surface area contributed by atoms with Gasteiger partial charge >= 0.3 is 6.03 Å². The lowest BCUT2D eigenvalue weighted by Crippen LogP contribution is -2.55. The van der Waals surface area contributed by atoms with Crippen LogP contribution < -0.4 is 10.1 Å². The lowest BCUT2D eigenvalue weighted by atomic mass is 9.86. The molecule has 2 fully saturated rings. The Balaban J connectivity index is 1.26. The van der Waals surface area contributed by atoms with E-state index in [0.717, 1.165) is 37.4 Å². The molecule has 2 aromatic rings. The molecule has 3 aliphatic heterocycles. The third kappa shape index (κ3) is 3.21. The van der Waals surface area contributed by atoms with E-state index < -0.39 is 5.54 Å². The van der Waals surface area contributed by atoms with Crippen molar-refractivity contribution >= 4 is 11.9 Å². The third-order valence-electron chi connectivity index (χ3n) is 6.60. The molecule has 8 nitrogen and oxygen atoms in total. The van der Waals surface area contributed by atoms with Crippen LogP contribution in [0, 0.1) is 0 Å². The quantitative estimate of drug-likeness (QED) is 0.781. The van der Waals surface area contributed by atoms with Gasteiger partial charge in [0.25, 0.3) is 5.91 Å². The SMILES string of the molecule is C[C@H](c1ccc2c(c1)OCC2)N1CCC2(CC1)NC(=O)N(Cc1cncnc1)C2=O. The van der Waals surface area contributed by atoms with Gasteiger partial charge in [-0.15, -0.1) is 0 Å². The summed E-state index contributed by atoms with van der Waals surface area (Å²) >= 11 is 0. The smallest absolute Gasteiger partial charge is 0.325 e. The van der Waals surface area contributed by atoms with E-state index in [0.29, 0.717) is 12.8 Å². The molecule has 156 valence electrons. The summed E-state index contributed by atoms with van der Waals surface area (Å²) in [6.45, 7) is 4.63. The summed E-state index contributed by atoms with van der Waals surface area (Å²) in [4.78, 5) is 37.3. The Bertz CT molecular complexity index is 972. The van der Waals surface area contributed by atoms with E-state index in [-0.39, 0.29) is 24.5 Å². The monoisotopic (exact) mass is 407 g/mol. The molecule has 1 aromatic carbocycles. The Hall–Kier alpha value is -3.00. The van der Waals surface area contributed by atoms with Crippen LogP contribution in [0.2, 0.25) is 0 Å². The van der Waals surface area contributed by atoms with E-state index >= 15 is 0 Å². The molecule has 0 unspecified atom stereocenters. The average Bonchev–Trinajstić information content (AvgIpc) is 3.33. The van der Waals surface area contributed by atoms with Crippen molar-refractivity contribution in [3.8, 4) is 5.75 Å². The van der Waals surface area contributed by atoms with Gasteiger partial charge in [-0.2, -0.15) is 0 Å². The molecular weight excluding hydrogens is 382 g/mol. The Morgan fingerprint density at radius 3 is 2.73 bits per heavy atom. The zero-order chi connectivity index (χ0) is 20.7. The van der Waals surface area contributed by atoms with Crippen LogP contribution in [0.4, 0.5) is 4.79 Å². The second-order valence-corrected chi connectivity index (χ2v) is 8.33. The number of rotatable bonds is 4. The minimum atomic E-state index is -0.802. The van der Waals surface area contributed by atoms with Gasteiger partial charge in [0.15, 0.2) is 0 Å². The fourth-order valence-electron chi connectivity index (χ4n) is 4.70. The van der Waals surface area contributed by atoms with Crippen molar-refractivity contribution in [3.63, 3.8) is 0 Å². The topological polar surface area (TPSA) is 87.7 Å². The largest absolute Gasteiger partial charge is 0.493 e. The number of amides is 3. The molecule has 4 heterocycles. The molecular formula is C22H25N5O3. The molecule has 1 aromatic heterocycles. The number of hydrogen-bond acceptors (Lipinski definition) is 6. The summed E-state index contributed by atoms with van der Waals surface area (Å²) in [5.74, 6) is 0.848. The lowest BCUT2D eigenvalue weighted by Gasteiger charge is -2.40. The first-order chi connectivity index (χ1) is 14.6. The van der Waals surface area contributed by atoms with Crippen LogP contribution >= 0.6 is 0 Å². The van der Waals surface area contributed by atoms with E-state index in [4.69, 9.17) is 4.74 Å². The lowest BCUT2D eigenvalue weighted by molar-refractivity contribution is -0.133. The molecule has 1 spiro atoms. The molecule has 0 radical (unpaired) electrons. The fourth-order valence-corrected chi connectivity index (χ4v) is 4.70. The highest BCUT2D eigenvalue weighted by Gasteiger charge is 2.52. The normalized spacial score (nSPS) is 21.4. The number of urea groups is 1. The van der Waals surface area contributed by atoms with Crippen molar-refractivity contribution in [2.24, 2.45) is 0 Å². The van der Waals surface area contributed by atoms with Gasteiger partial charge in [0.2, 0.25) is 0 Å². The van der Waals surface area contributed by atoms with Gasteiger partial charge in [0.05, 0.1) is 13.2 Å². The second-order valence-electron chi connectivity index (χ2n) is 8.33. The number of likely N-dealkylation sites (tertiary alicyclic amines) is 1. The number of nitrogens with one attached hydrogen (secondary N) is 1. The molecule has 3 aliphatic rings. The first kappa shape index (κ1) is 19.0. The van der Waals surface area contributed by atoms with Gasteiger partial charge in [-0.05, 0) is 37.0 Å². The summed E-state index contributed by atoms with van der Waals surface area (Å²) in [5, 5.41) is 2.97. The van der Waals surface area contributed by atoms with Crippen LogP contribution in [0.25, 0.3) is 0 Å². The number of aromatic nitrogens is 2. The van der Waals surface area contributed by atoms with Gasteiger partial charge < -0.3 is 10.1 Å². The van der Waals surface area contributed by atoms with Gasteiger partial charge in [-0.25, -0.2) is 14.8 Å². The van der Waals surface area contributed by atoms with Gasteiger partial charge in [0.1, 0.15) is 17.6 Å². The molecule has 0 aliphatic carbocycles. The van der Waals surface area contributed by atoms with Crippen LogP contribution in [0.15, 0.2) is 36.9 Å². The maximum absolute atomic E-state index is 13.1. The number of benzene rings is 1. The number of imide groups is 1. The van der Waals surface area contributed by atoms with Crippen molar-refractivity contribution in [2.45, 2.75) is 44.3 Å². The minimum Gasteiger partial charge on any atom is -0.493 e. The van der Waals surface area contributed by atoms with Crippen LogP contribution in [-0.2, 0) is 17.8 Å². The highest BCUT2D eigenvalue weighted by atomic mass is 16.5. The molecule has 3 amide bonds. The number of hydrogen-bond donors (Lipinski definition) is 1. The zero-order valence-corrected chi connectivity index (χ0v) is 17.0. The summed E-state index contributed by atoms with van der Waals surface area (Å²) in [7, 11) is 0. The van der Waals surface area contributed by atoms with Crippen molar-refractivity contribution < 1.29 is 14.3 Å². The van der Waals surface area contributed by atoms with E-state index in [1.165, 1.54) is 22.4 Å². The maximum atomic E-state index is 13.1. The van der Waals surface area contributed by atoms with Crippen molar-refractivity contribution in [1.82, 2.24) is 25.1 Å². The molecule has 1 atom stereocenters. The number of carbonyl (C=O) groups is 2. The standard InChI is InChI=1S/C22H25N5O3/c1-15(18-3-2-17-4-9-30-19(17)10-18)26-7-5-22(6-8-26)20(28)27(21(29)25-22)13-16-11-23-14-24-12-16/h2-3,10-12,14-15H,4-9,13H2,1H3,(H,25,29)/t15-/m1/s1. The minimum absolute atomic E-state index is 0.144. The van der Waals surface area contributed by atoms with E-state index in [9.17, 15) is 9.59 Å². The summed E-state index contributed by atoms with van der Waals surface area (Å²) in [5.41, 5.74) is 2.43. The predicted octanol–water partition coefficient (Wildman–Crippen LogP) is 2.06. The summed E-state index contributed by atoms with van der Waals surface area (Å²) in [6, 6.07) is 6.37. The molecule has 0 bridgehead atoms. The van der Waals surface area contributed by atoms with Crippen LogP contribution in [0.1, 0.15) is 42.5 Å². The Labute approximate surface area is 175 Å². The maximum Gasteiger partial charge on any atom is 0.325 e. The summed E-state index contributed by atoms with van der Waals surface area (Å²) < 4.78 is 5.71. The summed E-state index contributed by atoms with van der Waals surface area (Å²) in [6.07, 6.45) is 6.87. The fraction of sp³-hybridized carbons (Fsp3) is 0.455. The van der Waals surface area contributed by atoms with Crippen LogP contribution in [-0.4, -0.2) is 56.9 Å². The van der Waals surface area contributed by atoms with E-state index in [1.807, 2.05) is 0 Å². The van der Waals surface area contributed by atoms with Crippen molar-refractivity contribution in [2.75, 3.05) is 19.7 Å². The highest BCUT2D eigenvalue weighted by molar-refractivity contribution is 6.07. The third-order valence-corrected chi connectivity index (χ3v) is 6.60. The number of fused-ring (bicyclic) bond motifs is 1. The number of ether oxygens (including phenoxy) is 1. The predicted molar refractivity (Wildman–Crippen MR) is 109 cm³/mol. The van der Waals surface area contributed by atoms with Crippen LogP contribution in [0.5, 0.6) is 5.75 Å². The molecule has 1 N–H and O–H groups in total. The van der Waals surface area contributed by atoms with E-state index in [2.05, 4.69) is 45.3 Å². The number of piperidine rings is 1. The molecule has 5 rings (SSSR count). The number of carbonyl (C=O) groups excluding carboxylic acids is 2. The van der Waals surface area contributed by atoms with Gasteiger partial charge in [-0.3, -0.25) is 14.6 Å². The molecule has 2 saturated heterocycles. The first-order valence-corrected chi connectivity index (χ1v) is 10.4. The number of nitrogens with zero attached hydrogens (tertiary/aromatic N) is 4. The second kappa shape index (κ2) is 7.36. The van der Waals surface area contributed by atoms with Gasteiger partial charge in [-0.1, -0.05) is 12.1 Å². The Morgan fingerprint density at radius 1 is 1.20 bits per heavy atom. The zero-order valence-electron chi connectivity index (χ0n) is 17.0. The molecule has 8 heteroatoms. The van der Waals surface area contributed by atoms with Crippen molar-refractivity contribution in [1.29, 1.82) is 0 Å². The first-order valence-electron chi connectivity index (χ1n) is 10.4. The van der Waals surface area contributed by atoms with Crippen molar-refractivity contribution in [3.05, 3.63) is 53.6 Å².